The summed E-state index contributed by atoms with van der Waals surface area (Å²) in [4.78, 5) is 8.19. The Morgan fingerprint density at radius 1 is 0.638 bits per heavy atom. The van der Waals surface area contributed by atoms with E-state index in [2.05, 4.69) is 195 Å². The van der Waals surface area contributed by atoms with Crippen molar-refractivity contribution >= 4 is 40.0 Å². The Morgan fingerprint density at radius 3 is 2.10 bits per heavy atom. The van der Waals surface area contributed by atoms with Crippen molar-refractivity contribution in [2.45, 2.75) is 42.2 Å². The molecule has 3 aliphatic heterocycles. The molecule has 58 heavy (non-hydrogen) atoms. The number of hydrogen-bond donors (Lipinski definition) is 1. The van der Waals surface area contributed by atoms with E-state index in [1.165, 1.54) is 76.6 Å². The summed E-state index contributed by atoms with van der Waals surface area (Å²) in [7, 11) is 0. The molecule has 0 saturated carbocycles. The zero-order chi connectivity index (χ0) is 38.5. The summed E-state index contributed by atoms with van der Waals surface area (Å²) in [5, 5.41) is 4.04. The molecule has 3 nitrogen and oxygen atoms in total. The van der Waals surface area contributed by atoms with Crippen molar-refractivity contribution in [2.75, 3.05) is 0 Å². The standard InChI is InChI=1S/C54H40N2OS/c1-32-43(34-28-26-33(27-29-34)36-23-14-30-54(2)49(36)41-21-10-12-24-45(41)57-54)31-44(48-40-20-9-7-18-38(40)37-17-6-8-19-39(37)47(32)48)53-55-50(35-15-4-3-5-16-35)52-51(56-53)42-22-11-13-25-46(42)58-52/h3-32,47,49,51H,1-2H3,(H,55,56). The van der Waals surface area contributed by atoms with Crippen LogP contribution in [0, 0.1) is 5.92 Å². The molecular formula is C54H40N2OS. The summed E-state index contributed by atoms with van der Waals surface area (Å²) in [6.07, 6.45) is 9.11. The number of ether oxygens (including phenoxy) is 1. The van der Waals surface area contributed by atoms with E-state index in [1.54, 1.807) is 0 Å². The Morgan fingerprint density at radius 2 is 1.29 bits per heavy atom. The van der Waals surface area contributed by atoms with E-state index in [1.807, 2.05) is 11.8 Å². The van der Waals surface area contributed by atoms with Crippen LogP contribution >= 0.6 is 11.8 Å². The second kappa shape index (κ2) is 12.8. The zero-order valence-electron chi connectivity index (χ0n) is 32.3. The Bertz CT molecular complexity index is 2910. The summed E-state index contributed by atoms with van der Waals surface area (Å²) in [6.45, 7) is 4.63. The van der Waals surface area contributed by atoms with Crippen LogP contribution in [-0.2, 0) is 0 Å². The predicted octanol–water partition coefficient (Wildman–Crippen LogP) is 13.0. The zero-order valence-corrected chi connectivity index (χ0v) is 33.1. The minimum absolute atomic E-state index is 0.0188. The molecule has 6 aromatic rings. The third-order valence-electron chi connectivity index (χ3n) is 13.1. The van der Waals surface area contributed by atoms with Crippen molar-refractivity contribution in [2.24, 2.45) is 10.9 Å². The van der Waals surface area contributed by atoms with Crippen LogP contribution in [-0.4, -0.2) is 11.4 Å². The largest absolute Gasteiger partial charge is 0.482 e. The van der Waals surface area contributed by atoms with Crippen molar-refractivity contribution in [1.82, 2.24) is 5.32 Å². The van der Waals surface area contributed by atoms with Crippen molar-refractivity contribution < 1.29 is 4.74 Å². The first-order valence-corrected chi connectivity index (χ1v) is 21.2. The van der Waals surface area contributed by atoms with Gasteiger partial charge in [-0.25, -0.2) is 4.99 Å². The maximum Gasteiger partial charge on any atom is 0.136 e. The van der Waals surface area contributed by atoms with Gasteiger partial charge in [0.25, 0.3) is 0 Å². The van der Waals surface area contributed by atoms with Crippen LogP contribution < -0.4 is 10.1 Å². The molecular weight excluding hydrogens is 725 g/mol. The third kappa shape index (κ3) is 4.98. The van der Waals surface area contributed by atoms with Crippen LogP contribution in [0.25, 0.3) is 33.5 Å². The highest BCUT2D eigenvalue weighted by atomic mass is 32.2. The molecule has 12 rings (SSSR count). The summed E-state index contributed by atoms with van der Waals surface area (Å²) in [5.74, 6) is 2.39. The molecule has 1 N–H and O–H groups in total. The van der Waals surface area contributed by atoms with Gasteiger partial charge >= 0.3 is 0 Å². The van der Waals surface area contributed by atoms with E-state index in [0.717, 1.165) is 22.8 Å². The predicted molar refractivity (Wildman–Crippen MR) is 239 cm³/mol. The normalized spacial score (nSPS) is 24.4. The van der Waals surface area contributed by atoms with Gasteiger partial charge in [0.15, 0.2) is 0 Å². The minimum atomic E-state index is -0.410. The molecule has 0 fully saturated rings. The topological polar surface area (TPSA) is 33.6 Å². The Labute approximate surface area is 343 Å². The quantitative estimate of drug-likeness (QED) is 0.194. The van der Waals surface area contributed by atoms with Crippen LogP contribution in [0.1, 0.15) is 70.7 Å². The molecule has 5 atom stereocenters. The average molecular weight is 765 g/mol. The van der Waals surface area contributed by atoms with Crippen molar-refractivity contribution in [3.63, 3.8) is 0 Å². The highest BCUT2D eigenvalue weighted by Gasteiger charge is 2.47. The fourth-order valence-corrected chi connectivity index (χ4v) is 11.8. The smallest absolute Gasteiger partial charge is 0.136 e. The number of nitrogens with zero attached hydrogens (tertiary/aromatic N) is 1. The van der Waals surface area contributed by atoms with Crippen molar-refractivity contribution in [1.29, 1.82) is 0 Å². The van der Waals surface area contributed by atoms with Gasteiger partial charge in [0.1, 0.15) is 17.2 Å². The van der Waals surface area contributed by atoms with Crippen LogP contribution in [0.15, 0.2) is 196 Å². The van der Waals surface area contributed by atoms with Crippen molar-refractivity contribution in [3.05, 3.63) is 225 Å². The minimum Gasteiger partial charge on any atom is -0.482 e. The second-order valence-electron chi connectivity index (χ2n) is 16.4. The summed E-state index contributed by atoms with van der Waals surface area (Å²) >= 11 is 1.85. The van der Waals surface area contributed by atoms with E-state index >= 15 is 0 Å². The van der Waals surface area contributed by atoms with Crippen LogP contribution in [0.5, 0.6) is 5.75 Å². The third-order valence-corrected chi connectivity index (χ3v) is 14.4. The molecule has 5 unspecified atom stereocenters. The van der Waals surface area contributed by atoms with E-state index < -0.39 is 5.60 Å². The number of nitrogens with one attached hydrogen (secondary N) is 1. The van der Waals surface area contributed by atoms with Gasteiger partial charge in [-0.15, -0.1) is 0 Å². The monoisotopic (exact) mass is 764 g/mol. The second-order valence-corrected chi connectivity index (χ2v) is 17.5. The highest BCUT2D eigenvalue weighted by molar-refractivity contribution is 8.03. The van der Waals surface area contributed by atoms with E-state index in [-0.39, 0.29) is 23.8 Å². The Balaban J connectivity index is 1.04. The summed E-state index contributed by atoms with van der Waals surface area (Å²) in [6, 6.07) is 55.4. The Kier molecular flexibility index (Phi) is 7.46. The molecule has 4 heteroatoms. The number of hydrogen-bond acceptors (Lipinski definition) is 4. The van der Waals surface area contributed by atoms with Gasteiger partial charge in [0.2, 0.25) is 0 Å². The van der Waals surface area contributed by atoms with Crippen LogP contribution in [0.3, 0.4) is 0 Å². The van der Waals surface area contributed by atoms with Gasteiger partial charge < -0.3 is 10.1 Å². The lowest BCUT2D eigenvalue weighted by atomic mass is 9.63. The molecule has 0 radical (unpaired) electrons. The van der Waals surface area contributed by atoms with Gasteiger partial charge in [0, 0.05) is 32.4 Å². The number of aliphatic imine (C=N–C) groups is 1. The molecule has 0 saturated heterocycles. The molecule has 278 valence electrons. The number of rotatable bonds is 4. The number of amidine groups is 1. The fourth-order valence-electron chi connectivity index (χ4n) is 10.5. The van der Waals surface area contributed by atoms with Crippen LogP contribution in [0.4, 0.5) is 0 Å². The van der Waals surface area contributed by atoms with Gasteiger partial charge in [-0.2, -0.15) is 0 Å². The molecule has 0 aromatic heterocycles. The Hall–Kier alpha value is -6.36. The summed E-state index contributed by atoms with van der Waals surface area (Å²) in [5.41, 5.74) is 17.2. The lowest BCUT2D eigenvalue weighted by Crippen LogP contribution is -2.35. The van der Waals surface area contributed by atoms with E-state index in [9.17, 15) is 0 Å². The molecule has 3 aliphatic carbocycles. The molecule has 0 spiro atoms. The van der Waals surface area contributed by atoms with E-state index in [4.69, 9.17) is 9.73 Å². The maximum atomic E-state index is 6.57. The maximum absolute atomic E-state index is 6.57. The fraction of sp³-hybridized carbons (Fsp3) is 0.130. The van der Waals surface area contributed by atoms with E-state index in [0.29, 0.717) is 0 Å². The molecule has 0 bridgehead atoms. The first kappa shape index (κ1) is 33.7. The number of benzene rings is 6. The first-order valence-electron chi connectivity index (χ1n) is 20.4. The van der Waals surface area contributed by atoms with Gasteiger partial charge in [0.05, 0.1) is 17.7 Å². The number of allylic oxidation sites excluding steroid dienone is 4. The van der Waals surface area contributed by atoms with Gasteiger partial charge in [-0.3, -0.25) is 0 Å². The molecule has 0 amide bonds. The number of fused-ring (bicyclic) bond motifs is 12. The van der Waals surface area contributed by atoms with Crippen LogP contribution in [0.2, 0.25) is 0 Å². The number of thioether (sulfide) groups is 1. The number of para-hydroxylation sites is 1. The lowest BCUT2D eigenvalue weighted by Gasteiger charge is -2.40. The molecule has 6 aromatic carbocycles. The van der Waals surface area contributed by atoms with Gasteiger partial charge in [-0.1, -0.05) is 170 Å². The molecule has 3 heterocycles. The SMILES string of the molecule is CC1C(c2ccc(C3=CC=CC4(C)Oc5ccccc5C34)cc2)=CC(C2=NC(c3ccccc3)=C3Sc4ccccc4C3N2)=C2c3ccccc3-c3ccccc3C21. The lowest BCUT2D eigenvalue weighted by molar-refractivity contribution is 0.158. The van der Waals surface area contributed by atoms with Gasteiger partial charge in [-0.05, 0) is 92.8 Å². The highest BCUT2D eigenvalue weighted by Crippen LogP contribution is 2.58. The summed E-state index contributed by atoms with van der Waals surface area (Å²) < 4.78 is 6.57. The van der Waals surface area contributed by atoms with Crippen molar-refractivity contribution in [3.8, 4) is 16.9 Å². The average Bonchev–Trinajstić information content (AvgIpc) is 3.81. The molecule has 6 aliphatic rings. The first-order chi connectivity index (χ1) is 28.5.